The van der Waals surface area contributed by atoms with Crippen LogP contribution in [0.2, 0.25) is 0 Å². The van der Waals surface area contributed by atoms with Crippen molar-refractivity contribution in [3.05, 3.63) is 170 Å². The van der Waals surface area contributed by atoms with E-state index in [2.05, 4.69) is 121 Å². The molecular formula is C42H28O2. The van der Waals surface area contributed by atoms with Gasteiger partial charge in [-0.15, -0.1) is 0 Å². The molecular weight excluding hydrogens is 536 g/mol. The number of para-hydroxylation sites is 2. The second kappa shape index (κ2) is 11.1. The third-order valence-corrected chi connectivity index (χ3v) is 8.17. The standard InChI is InChI=1S/C42H28O2/c1-3-12-29(13-4-1)31-16-11-17-32(26-31)34-23-25-38-37-24-22-33(30-14-5-2-6-15-30)27-41(37)43-39-20-9-7-18-35(39)36-19-8-10-21-40(36)44-42(38)28-34/h1-28H. The molecule has 1 aliphatic heterocycles. The van der Waals surface area contributed by atoms with E-state index >= 15 is 0 Å². The van der Waals surface area contributed by atoms with Gasteiger partial charge in [-0.1, -0.05) is 127 Å². The highest BCUT2D eigenvalue weighted by Crippen LogP contribution is 2.48. The molecule has 0 N–H and O–H groups in total. The lowest BCUT2D eigenvalue weighted by atomic mass is 9.94. The third-order valence-electron chi connectivity index (χ3n) is 8.17. The van der Waals surface area contributed by atoms with Gasteiger partial charge in [0.2, 0.25) is 0 Å². The van der Waals surface area contributed by atoms with Gasteiger partial charge in [0.05, 0.1) is 0 Å². The fourth-order valence-electron chi connectivity index (χ4n) is 5.95. The fourth-order valence-corrected chi connectivity index (χ4v) is 5.95. The van der Waals surface area contributed by atoms with E-state index in [0.29, 0.717) is 0 Å². The summed E-state index contributed by atoms with van der Waals surface area (Å²) in [6.07, 6.45) is 0. The summed E-state index contributed by atoms with van der Waals surface area (Å²) in [5.41, 5.74) is 10.7. The average Bonchev–Trinajstić information content (AvgIpc) is 3.10. The van der Waals surface area contributed by atoms with Crippen molar-refractivity contribution in [1.82, 2.24) is 0 Å². The van der Waals surface area contributed by atoms with E-state index in [9.17, 15) is 0 Å². The Morgan fingerprint density at radius 2 is 0.591 bits per heavy atom. The van der Waals surface area contributed by atoms with Gasteiger partial charge in [0, 0.05) is 22.3 Å². The smallest absolute Gasteiger partial charge is 0.136 e. The molecule has 44 heavy (non-hydrogen) atoms. The molecule has 0 bridgehead atoms. The molecule has 2 heteroatoms. The molecule has 208 valence electrons. The predicted molar refractivity (Wildman–Crippen MR) is 180 cm³/mol. The molecule has 1 aliphatic rings. The van der Waals surface area contributed by atoms with Crippen LogP contribution in [0.25, 0.3) is 55.6 Å². The zero-order chi connectivity index (χ0) is 29.3. The molecule has 0 aromatic heterocycles. The van der Waals surface area contributed by atoms with Gasteiger partial charge in [-0.2, -0.15) is 0 Å². The monoisotopic (exact) mass is 564 g/mol. The average molecular weight is 565 g/mol. The maximum atomic E-state index is 6.87. The van der Waals surface area contributed by atoms with Crippen LogP contribution in [0.4, 0.5) is 0 Å². The van der Waals surface area contributed by atoms with Crippen molar-refractivity contribution < 1.29 is 9.47 Å². The topological polar surface area (TPSA) is 18.5 Å². The lowest BCUT2D eigenvalue weighted by molar-refractivity contribution is 0.472. The summed E-state index contributed by atoms with van der Waals surface area (Å²) < 4.78 is 13.7. The van der Waals surface area contributed by atoms with Crippen LogP contribution in [0.15, 0.2) is 170 Å². The van der Waals surface area contributed by atoms with Crippen LogP contribution in [0.1, 0.15) is 0 Å². The van der Waals surface area contributed by atoms with Crippen LogP contribution >= 0.6 is 0 Å². The lowest BCUT2D eigenvalue weighted by Gasteiger charge is -2.22. The number of hydrogen-bond donors (Lipinski definition) is 0. The van der Waals surface area contributed by atoms with E-state index in [1.807, 2.05) is 48.5 Å². The van der Waals surface area contributed by atoms with Gasteiger partial charge in [-0.3, -0.25) is 0 Å². The van der Waals surface area contributed by atoms with Crippen molar-refractivity contribution in [3.8, 4) is 78.6 Å². The van der Waals surface area contributed by atoms with Gasteiger partial charge in [0.1, 0.15) is 23.0 Å². The Labute approximate surface area is 257 Å². The Hall–Kier alpha value is -5.86. The summed E-state index contributed by atoms with van der Waals surface area (Å²) in [5.74, 6) is 3.12. The molecule has 0 atom stereocenters. The Morgan fingerprint density at radius 3 is 1.11 bits per heavy atom. The number of ether oxygens (including phenoxy) is 2. The highest BCUT2D eigenvalue weighted by Gasteiger charge is 2.21. The molecule has 0 fully saturated rings. The zero-order valence-corrected chi connectivity index (χ0v) is 24.0. The van der Waals surface area contributed by atoms with Crippen molar-refractivity contribution >= 4 is 0 Å². The highest BCUT2D eigenvalue weighted by atomic mass is 16.5. The Bertz CT molecular complexity index is 2110. The molecule has 7 aromatic carbocycles. The lowest BCUT2D eigenvalue weighted by Crippen LogP contribution is -1.98. The number of fused-ring (bicyclic) bond motifs is 6. The van der Waals surface area contributed by atoms with Crippen molar-refractivity contribution in [3.63, 3.8) is 0 Å². The van der Waals surface area contributed by atoms with E-state index in [1.165, 1.54) is 11.1 Å². The van der Waals surface area contributed by atoms with Gasteiger partial charge in [-0.25, -0.2) is 0 Å². The van der Waals surface area contributed by atoms with Gasteiger partial charge >= 0.3 is 0 Å². The Balaban J connectivity index is 1.33. The molecule has 7 aromatic rings. The van der Waals surface area contributed by atoms with E-state index in [0.717, 1.165) is 67.5 Å². The largest absolute Gasteiger partial charge is 0.456 e. The molecule has 2 nitrogen and oxygen atoms in total. The highest BCUT2D eigenvalue weighted by molar-refractivity contribution is 5.86. The predicted octanol–water partition coefficient (Wildman–Crippen LogP) is 11.9. The Morgan fingerprint density at radius 1 is 0.227 bits per heavy atom. The van der Waals surface area contributed by atoms with Gasteiger partial charge in [0.15, 0.2) is 0 Å². The van der Waals surface area contributed by atoms with Gasteiger partial charge in [-0.05, 0) is 75.8 Å². The molecule has 0 saturated carbocycles. The maximum absolute atomic E-state index is 6.87. The fraction of sp³-hybridized carbons (Fsp3) is 0. The first-order valence-corrected chi connectivity index (χ1v) is 14.8. The first-order chi connectivity index (χ1) is 21.8. The van der Waals surface area contributed by atoms with Crippen LogP contribution in [-0.4, -0.2) is 0 Å². The summed E-state index contributed by atoms with van der Waals surface area (Å²) in [7, 11) is 0. The SMILES string of the molecule is c1ccc(-c2cccc(-c3ccc4c(c3)Oc3ccccc3-c3ccccc3Oc3cc(-c5ccccc5)ccc3-4)c2)cc1. The first kappa shape index (κ1) is 25.8. The quantitative estimate of drug-likeness (QED) is 0.212. The van der Waals surface area contributed by atoms with Crippen LogP contribution in [0.3, 0.4) is 0 Å². The van der Waals surface area contributed by atoms with E-state index in [1.54, 1.807) is 0 Å². The summed E-state index contributed by atoms with van der Waals surface area (Å²) in [4.78, 5) is 0. The first-order valence-electron chi connectivity index (χ1n) is 14.8. The summed E-state index contributed by atoms with van der Waals surface area (Å²) >= 11 is 0. The number of rotatable bonds is 3. The molecule has 0 radical (unpaired) electrons. The minimum atomic E-state index is 0.775. The van der Waals surface area contributed by atoms with Crippen molar-refractivity contribution in [2.75, 3.05) is 0 Å². The van der Waals surface area contributed by atoms with Crippen LogP contribution < -0.4 is 9.47 Å². The molecule has 0 amide bonds. The maximum Gasteiger partial charge on any atom is 0.136 e. The summed E-state index contributed by atoms with van der Waals surface area (Å²) in [6, 6.07) is 58.8. The van der Waals surface area contributed by atoms with Gasteiger partial charge in [0.25, 0.3) is 0 Å². The minimum absolute atomic E-state index is 0.775. The van der Waals surface area contributed by atoms with Crippen molar-refractivity contribution in [1.29, 1.82) is 0 Å². The molecule has 0 spiro atoms. The van der Waals surface area contributed by atoms with E-state index in [4.69, 9.17) is 9.47 Å². The van der Waals surface area contributed by atoms with Crippen LogP contribution in [0.5, 0.6) is 23.0 Å². The second-order valence-electron chi connectivity index (χ2n) is 10.9. The van der Waals surface area contributed by atoms with Crippen molar-refractivity contribution in [2.45, 2.75) is 0 Å². The normalized spacial score (nSPS) is 11.5. The molecule has 0 unspecified atom stereocenters. The molecule has 0 aliphatic carbocycles. The van der Waals surface area contributed by atoms with E-state index < -0.39 is 0 Å². The Kier molecular flexibility index (Phi) is 6.51. The molecule has 8 rings (SSSR count). The molecule has 1 heterocycles. The zero-order valence-electron chi connectivity index (χ0n) is 24.0. The number of benzene rings is 7. The molecule has 0 saturated heterocycles. The minimum Gasteiger partial charge on any atom is -0.456 e. The third kappa shape index (κ3) is 4.83. The van der Waals surface area contributed by atoms with E-state index in [-0.39, 0.29) is 0 Å². The van der Waals surface area contributed by atoms with Gasteiger partial charge < -0.3 is 9.47 Å². The van der Waals surface area contributed by atoms with Crippen LogP contribution in [-0.2, 0) is 0 Å². The summed E-state index contributed by atoms with van der Waals surface area (Å²) in [5, 5.41) is 0. The number of hydrogen-bond acceptors (Lipinski definition) is 2. The second-order valence-corrected chi connectivity index (χ2v) is 10.9. The van der Waals surface area contributed by atoms with Crippen LogP contribution in [0, 0.1) is 0 Å². The summed E-state index contributed by atoms with van der Waals surface area (Å²) in [6.45, 7) is 0. The van der Waals surface area contributed by atoms with Crippen molar-refractivity contribution in [2.24, 2.45) is 0 Å².